The van der Waals surface area contributed by atoms with Crippen LogP contribution in [0.25, 0.3) is 0 Å². The molecule has 8 unspecified atom stereocenters. The standard InChI is InChI=1S/C22H39FN4O/c1-14-4-6-16(12-20(14)27-10-8-26(3)9-11-27)24-22(28)19-13-17-18(23)7-5-15(2)21(17)25-19/h14-21,25H,4-13H2,1-3H3,(H,24,28). The van der Waals surface area contributed by atoms with Gasteiger partial charge in [0.2, 0.25) is 5.91 Å². The number of nitrogens with one attached hydrogen (secondary N) is 2. The smallest absolute Gasteiger partial charge is 0.237 e. The Labute approximate surface area is 169 Å². The fourth-order valence-corrected chi connectivity index (χ4v) is 6.19. The predicted octanol–water partition coefficient (Wildman–Crippen LogP) is 2.02. The first-order valence-corrected chi connectivity index (χ1v) is 11.6. The van der Waals surface area contributed by atoms with Crippen LogP contribution in [-0.2, 0) is 4.79 Å². The zero-order valence-electron chi connectivity index (χ0n) is 17.9. The first kappa shape index (κ1) is 20.5. The van der Waals surface area contributed by atoms with Crippen molar-refractivity contribution >= 4 is 5.91 Å². The Bertz CT molecular complexity index is 535. The Hall–Kier alpha value is -0.720. The molecule has 4 aliphatic rings. The molecular weight excluding hydrogens is 355 g/mol. The van der Waals surface area contributed by atoms with Crippen LogP contribution in [0.2, 0.25) is 0 Å². The summed E-state index contributed by atoms with van der Waals surface area (Å²) in [5, 5.41) is 6.82. The van der Waals surface area contributed by atoms with Gasteiger partial charge in [0, 0.05) is 50.2 Å². The maximum absolute atomic E-state index is 14.4. The van der Waals surface area contributed by atoms with Crippen LogP contribution in [0.4, 0.5) is 4.39 Å². The van der Waals surface area contributed by atoms with Gasteiger partial charge in [-0.3, -0.25) is 9.69 Å². The van der Waals surface area contributed by atoms with Crippen LogP contribution in [0.3, 0.4) is 0 Å². The van der Waals surface area contributed by atoms with E-state index in [4.69, 9.17) is 0 Å². The molecule has 0 aromatic heterocycles. The lowest BCUT2D eigenvalue weighted by molar-refractivity contribution is -0.124. The minimum absolute atomic E-state index is 0.0176. The van der Waals surface area contributed by atoms with Crippen molar-refractivity contribution in [3.8, 4) is 0 Å². The number of likely N-dealkylation sites (N-methyl/N-ethyl adjacent to an activating group) is 1. The second-order valence-corrected chi connectivity index (χ2v) is 10.1. The van der Waals surface area contributed by atoms with Crippen LogP contribution in [0.15, 0.2) is 0 Å². The van der Waals surface area contributed by atoms with Crippen LogP contribution < -0.4 is 10.6 Å². The summed E-state index contributed by atoms with van der Waals surface area (Å²) in [4.78, 5) is 18.0. The molecule has 1 amide bonds. The summed E-state index contributed by atoms with van der Waals surface area (Å²) < 4.78 is 14.4. The van der Waals surface area contributed by atoms with Crippen molar-refractivity contribution < 1.29 is 9.18 Å². The van der Waals surface area contributed by atoms with E-state index < -0.39 is 6.17 Å². The molecule has 0 radical (unpaired) electrons. The Morgan fingerprint density at radius 1 is 1.00 bits per heavy atom. The highest BCUT2D eigenvalue weighted by Crippen LogP contribution is 2.38. The number of carbonyl (C=O) groups excluding carboxylic acids is 1. The number of hydrogen-bond acceptors (Lipinski definition) is 4. The molecule has 2 N–H and O–H groups in total. The minimum atomic E-state index is -0.747. The number of hydrogen-bond donors (Lipinski definition) is 2. The highest BCUT2D eigenvalue weighted by Gasteiger charge is 2.46. The van der Waals surface area contributed by atoms with Crippen molar-refractivity contribution in [3.05, 3.63) is 0 Å². The van der Waals surface area contributed by atoms with E-state index >= 15 is 0 Å². The molecular formula is C22H39FN4O. The van der Waals surface area contributed by atoms with Gasteiger partial charge in [-0.2, -0.15) is 0 Å². The maximum Gasteiger partial charge on any atom is 0.237 e. The van der Waals surface area contributed by atoms with E-state index in [1.54, 1.807) is 0 Å². The number of carbonyl (C=O) groups is 1. The van der Waals surface area contributed by atoms with Crippen LogP contribution >= 0.6 is 0 Å². The van der Waals surface area contributed by atoms with Crippen LogP contribution in [0.5, 0.6) is 0 Å². The van der Waals surface area contributed by atoms with Crippen molar-refractivity contribution in [2.75, 3.05) is 33.2 Å². The first-order chi connectivity index (χ1) is 13.4. The van der Waals surface area contributed by atoms with Crippen LogP contribution in [-0.4, -0.2) is 79.3 Å². The number of amides is 1. The monoisotopic (exact) mass is 394 g/mol. The van der Waals surface area contributed by atoms with E-state index in [1.807, 2.05) is 0 Å². The molecule has 0 bridgehead atoms. The third-order valence-corrected chi connectivity index (χ3v) is 8.16. The van der Waals surface area contributed by atoms with Crippen LogP contribution in [0.1, 0.15) is 52.4 Å². The van der Waals surface area contributed by atoms with Crippen molar-refractivity contribution in [2.45, 2.75) is 82.7 Å². The molecule has 2 aliphatic carbocycles. The van der Waals surface area contributed by atoms with Gasteiger partial charge in [-0.25, -0.2) is 4.39 Å². The van der Waals surface area contributed by atoms with Crippen molar-refractivity contribution in [1.29, 1.82) is 0 Å². The Morgan fingerprint density at radius 3 is 2.43 bits per heavy atom. The van der Waals surface area contributed by atoms with E-state index in [2.05, 4.69) is 41.3 Å². The van der Waals surface area contributed by atoms with Gasteiger partial charge in [0.15, 0.2) is 0 Å². The summed E-state index contributed by atoms with van der Waals surface area (Å²) >= 11 is 0. The fraction of sp³-hybridized carbons (Fsp3) is 0.955. The van der Waals surface area contributed by atoms with Gasteiger partial charge >= 0.3 is 0 Å². The van der Waals surface area contributed by atoms with Gasteiger partial charge in [-0.15, -0.1) is 0 Å². The van der Waals surface area contributed by atoms with Gasteiger partial charge in [0.05, 0.1) is 6.04 Å². The SMILES string of the molecule is CC1CCC(F)C2CC(C(=O)NC3CCC(C)C(N4CCN(C)CC4)C3)NC12. The summed E-state index contributed by atoms with van der Waals surface area (Å²) in [6, 6.07) is 0.790. The molecule has 4 fully saturated rings. The zero-order valence-corrected chi connectivity index (χ0v) is 17.9. The lowest BCUT2D eigenvalue weighted by atomic mass is 9.77. The van der Waals surface area contributed by atoms with E-state index in [0.717, 1.165) is 45.4 Å². The lowest BCUT2D eigenvalue weighted by Crippen LogP contribution is -2.56. The molecule has 160 valence electrons. The molecule has 2 heterocycles. The molecule has 8 atom stereocenters. The fourth-order valence-electron chi connectivity index (χ4n) is 6.19. The number of alkyl halides is 1. The number of nitrogens with zero attached hydrogens (tertiary/aromatic N) is 2. The maximum atomic E-state index is 14.4. The second-order valence-electron chi connectivity index (χ2n) is 10.1. The molecule has 0 spiro atoms. The number of piperazine rings is 1. The Kier molecular flexibility index (Phi) is 6.29. The lowest BCUT2D eigenvalue weighted by Gasteiger charge is -2.45. The normalized spacial score (nSPS) is 45.6. The molecule has 2 aliphatic heterocycles. The third kappa shape index (κ3) is 4.24. The van der Waals surface area contributed by atoms with Gasteiger partial charge < -0.3 is 15.5 Å². The van der Waals surface area contributed by atoms with E-state index in [9.17, 15) is 9.18 Å². The van der Waals surface area contributed by atoms with E-state index in [-0.39, 0.29) is 30.0 Å². The Balaban J connectivity index is 1.32. The number of rotatable bonds is 3. The largest absolute Gasteiger partial charge is 0.352 e. The van der Waals surface area contributed by atoms with Gasteiger partial charge in [0.1, 0.15) is 6.17 Å². The van der Waals surface area contributed by atoms with Crippen molar-refractivity contribution in [3.63, 3.8) is 0 Å². The van der Waals surface area contributed by atoms with E-state index in [1.165, 1.54) is 6.42 Å². The third-order valence-electron chi connectivity index (χ3n) is 8.16. The number of halogens is 1. The molecule has 2 saturated heterocycles. The molecule has 6 heteroatoms. The summed E-state index contributed by atoms with van der Waals surface area (Å²) in [5.74, 6) is 1.28. The van der Waals surface area contributed by atoms with Gasteiger partial charge in [0.25, 0.3) is 0 Å². The average molecular weight is 395 g/mol. The van der Waals surface area contributed by atoms with Crippen molar-refractivity contribution in [1.82, 2.24) is 20.4 Å². The summed E-state index contributed by atoms with van der Waals surface area (Å²) in [5.41, 5.74) is 0. The molecule has 0 aromatic rings. The summed E-state index contributed by atoms with van der Waals surface area (Å²) in [6.45, 7) is 9.10. The zero-order chi connectivity index (χ0) is 19.8. The Morgan fingerprint density at radius 2 is 1.71 bits per heavy atom. The molecule has 0 aromatic carbocycles. The topological polar surface area (TPSA) is 47.6 Å². The predicted molar refractivity (Wildman–Crippen MR) is 110 cm³/mol. The molecule has 2 saturated carbocycles. The average Bonchev–Trinajstić information content (AvgIpc) is 3.14. The molecule has 4 rings (SSSR count). The number of fused-ring (bicyclic) bond motifs is 1. The first-order valence-electron chi connectivity index (χ1n) is 11.6. The van der Waals surface area contributed by atoms with Gasteiger partial charge in [-0.05, 0) is 57.4 Å². The molecule has 28 heavy (non-hydrogen) atoms. The minimum Gasteiger partial charge on any atom is -0.352 e. The second kappa shape index (κ2) is 8.57. The summed E-state index contributed by atoms with van der Waals surface area (Å²) in [7, 11) is 2.19. The molecule has 5 nitrogen and oxygen atoms in total. The van der Waals surface area contributed by atoms with Crippen LogP contribution in [0, 0.1) is 17.8 Å². The summed E-state index contributed by atoms with van der Waals surface area (Å²) in [6.07, 6.45) is 4.80. The highest BCUT2D eigenvalue weighted by atomic mass is 19.1. The quantitative estimate of drug-likeness (QED) is 0.769. The van der Waals surface area contributed by atoms with Gasteiger partial charge in [-0.1, -0.05) is 13.8 Å². The van der Waals surface area contributed by atoms with Crippen molar-refractivity contribution in [2.24, 2.45) is 17.8 Å². The highest BCUT2D eigenvalue weighted by molar-refractivity contribution is 5.82. The van der Waals surface area contributed by atoms with E-state index in [0.29, 0.717) is 30.7 Å².